The molecule has 28 heavy (non-hydrogen) atoms. The third kappa shape index (κ3) is 3.94. The van der Waals surface area contributed by atoms with Gasteiger partial charge in [-0.15, -0.1) is 10.2 Å². The second-order valence-electron chi connectivity index (χ2n) is 5.64. The van der Waals surface area contributed by atoms with Crippen molar-refractivity contribution < 1.29 is 9.53 Å². The third-order valence-electron chi connectivity index (χ3n) is 3.86. The van der Waals surface area contributed by atoms with E-state index in [1.54, 1.807) is 23.7 Å². The van der Waals surface area contributed by atoms with E-state index in [9.17, 15) is 4.79 Å². The molecule has 1 amide bonds. The summed E-state index contributed by atoms with van der Waals surface area (Å²) in [6.07, 6.45) is 0. The van der Waals surface area contributed by atoms with Gasteiger partial charge in [0.05, 0.1) is 12.1 Å². The van der Waals surface area contributed by atoms with Crippen LogP contribution in [0.5, 0.6) is 5.88 Å². The third-order valence-corrected chi connectivity index (χ3v) is 6.14. The molecule has 4 aromatic rings. The van der Waals surface area contributed by atoms with Crippen LogP contribution in [-0.4, -0.2) is 28.2 Å². The number of carbonyl (C=O) groups is 1. The van der Waals surface area contributed by atoms with Crippen molar-refractivity contribution in [2.75, 3.05) is 12.4 Å². The van der Waals surface area contributed by atoms with Crippen LogP contribution in [0.4, 0.5) is 5.69 Å². The van der Waals surface area contributed by atoms with Gasteiger partial charge >= 0.3 is 0 Å². The van der Waals surface area contributed by atoms with Gasteiger partial charge in [0, 0.05) is 16.0 Å². The molecular weight excluding hydrogens is 416 g/mol. The second kappa shape index (κ2) is 8.14. The van der Waals surface area contributed by atoms with Crippen LogP contribution in [0.2, 0.25) is 5.02 Å². The lowest BCUT2D eigenvalue weighted by atomic mass is 10.1. The van der Waals surface area contributed by atoms with E-state index in [0.29, 0.717) is 16.6 Å². The summed E-state index contributed by atoms with van der Waals surface area (Å²) in [5.74, 6) is 0.0646. The number of hydrogen-bond acceptors (Lipinski definition) is 7. The number of methoxy groups -OCH3 is 1. The van der Waals surface area contributed by atoms with Crippen molar-refractivity contribution in [2.45, 2.75) is 9.24 Å². The normalized spacial score (nSPS) is 10.8. The molecule has 0 aliphatic rings. The molecule has 0 aliphatic heterocycles. The number of nitrogens with one attached hydrogen (secondary N) is 1. The van der Waals surface area contributed by atoms with E-state index in [1.807, 2.05) is 30.3 Å². The highest BCUT2D eigenvalue weighted by Crippen LogP contribution is 2.35. The standard InChI is InChI=1S/C19H13ClN4O2S2/c1-26-18-13-5-3-2-4-11(13)8-15(23-18)17(25)22-12-6-7-16(14(20)9-12)28-19-24-21-10-27-19/h2-10H,1H3,(H,22,25). The minimum atomic E-state index is -0.343. The summed E-state index contributed by atoms with van der Waals surface area (Å²) in [5, 5.41) is 12.9. The molecule has 2 aromatic carbocycles. The molecule has 0 unspecified atom stereocenters. The second-order valence-corrected chi connectivity index (χ2v) is 8.17. The van der Waals surface area contributed by atoms with Gasteiger partial charge in [0.15, 0.2) is 4.34 Å². The van der Waals surface area contributed by atoms with E-state index in [4.69, 9.17) is 16.3 Å². The summed E-state index contributed by atoms with van der Waals surface area (Å²) in [7, 11) is 1.53. The number of carbonyl (C=O) groups excluding carboxylic acids is 1. The molecular formula is C19H13ClN4O2S2. The number of hydrogen-bond donors (Lipinski definition) is 1. The van der Waals surface area contributed by atoms with Crippen molar-refractivity contribution in [2.24, 2.45) is 0 Å². The van der Waals surface area contributed by atoms with Crippen molar-refractivity contribution in [3.05, 3.63) is 64.8 Å². The summed E-state index contributed by atoms with van der Waals surface area (Å²) in [5.41, 5.74) is 2.50. The first kappa shape index (κ1) is 18.7. The Morgan fingerprint density at radius 2 is 2.07 bits per heavy atom. The molecule has 4 rings (SSSR count). The Balaban J connectivity index is 1.56. The highest BCUT2D eigenvalue weighted by Gasteiger charge is 2.14. The van der Waals surface area contributed by atoms with Gasteiger partial charge in [0.2, 0.25) is 5.88 Å². The summed E-state index contributed by atoms with van der Waals surface area (Å²) < 4.78 is 6.13. The Morgan fingerprint density at radius 3 is 2.82 bits per heavy atom. The van der Waals surface area contributed by atoms with Gasteiger partial charge in [-0.3, -0.25) is 4.79 Å². The van der Waals surface area contributed by atoms with Crippen LogP contribution in [0.25, 0.3) is 10.8 Å². The lowest BCUT2D eigenvalue weighted by Gasteiger charge is -2.10. The summed E-state index contributed by atoms with van der Waals surface area (Å²) >= 11 is 9.21. The molecule has 1 N–H and O–H groups in total. The topological polar surface area (TPSA) is 77.0 Å². The van der Waals surface area contributed by atoms with Crippen LogP contribution in [-0.2, 0) is 0 Å². The SMILES string of the molecule is COc1nc(C(=O)Nc2ccc(Sc3nncs3)c(Cl)c2)cc2ccccc12. The van der Waals surface area contributed by atoms with E-state index in [-0.39, 0.29) is 11.6 Å². The molecule has 0 spiro atoms. The van der Waals surface area contributed by atoms with E-state index in [1.165, 1.54) is 30.2 Å². The molecule has 2 aromatic heterocycles. The van der Waals surface area contributed by atoms with Crippen LogP contribution < -0.4 is 10.1 Å². The Labute approximate surface area is 173 Å². The van der Waals surface area contributed by atoms with Crippen LogP contribution >= 0.6 is 34.7 Å². The molecule has 0 radical (unpaired) electrons. The minimum absolute atomic E-state index is 0.263. The van der Waals surface area contributed by atoms with Crippen molar-refractivity contribution >= 4 is 57.1 Å². The predicted octanol–water partition coefficient (Wildman–Crippen LogP) is 5.15. The Hall–Kier alpha value is -2.68. The number of anilines is 1. The Morgan fingerprint density at radius 1 is 1.21 bits per heavy atom. The fourth-order valence-corrected chi connectivity index (χ4v) is 4.33. The zero-order valence-corrected chi connectivity index (χ0v) is 16.9. The molecule has 0 saturated heterocycles. The number of halogens is 1. The van der Waals surface area contributed by atoms with E-state index in [2.05, 4.69) is 20.5 Å². The van der Waals surface area contributed by atoms with Crippen LogP contribution in [0.15, 0.2) is 63.3 Å². The average molecular weight is 429 g/mol. The maximum absolute atomic E-state index is 12.7. The number of benzene rings is 2. The molecule has 0 bridgehead atoms. The van der Waals surface area contributed by atoms with Gasteiger partial charge in [0.25, 0.3) is 5.91 Å². The molecule has 2 heterocycles. The molecule has 140 valence electrons. The van der Waals surface area contributed by atoms with Crippen molar-refractivity contribution in [1.82, 2.24) is 15.2 Å². The monoisotopic (exact) mass is 428 g/mol. The highest BCUT2D eigenvalue weighted by molar-refractivity contribution is 8.01. The first-order chi connectivity index (χ1) is 13.6. The minimum Gasteiger partial charge on any atom is -0.481 e. The smallest absolute Gasteiger partial charge is 0.274 e. The number of fused-ring (bicyclic) bond motifs is 1. The molecule has 0 aliphatic carbocycles. The average Bonchev–Trinajstić information content (AvgIpc) is 3.22. The van der Waals surface area contributed by atoms with Gasteiger partial charge < -0.3 is 10.1 Å². The van der Waals surface area contributed by atoms with Gasteiger partial charge in [-0.2, -0.15) is 0 Å². The van der Waals surface area contributed by atoms with Gasteiger partial charge in [-0.1, -0.05) is 52.9 Å². The first-order valence-electron chi connectivity index (χ1n) is 8.13. The van der Waals surface area contributed by atoms with Crippen LogP contribution in [0, 0.1) is 0 Å². The van der Waals surface area contributed by atoms with Crippen molar-refractivity contribution in [1.29, 1.82) is 0 Å². The number of nitrogens with zero attached hydrogens (tertiary/aromatic N) is 3. The van der Waals surface area contributed by atoms with Crippen LogP contribution in [0.1, 0.15) is 10.5 Å². The molecule has 0 atom stereocenters. The maximum Gasteiger partial charge on any atom is 0.274 e. The van der Waals surface area contributed by atoms with Gasteiger partial charge in [-0.25, -0.2) is 4.98 Å². The summed E-state index contributed by atoms with van der Waals surface area (Å²) in [4.78, 5) is 17.8. The fourth-order valence-electron chi connectivity index (χ4n) is 2.60. The van der Waals surface area contributed by atoms with Gasteiger partial charge in [0.1, 0.15) is 11.2 Å². The van der Waals surface area contributed by atoms with Crippen molar-refractivity contribution in [3.63, 3.8) is 0 Å². The number of aromatic nitrogens is 3. The predicted molar refractivity (Wildman–Crippen MR) is 112 cm³/mol. The largest absolute Gasteiger partial charge is 0.481 e. The summed E-state index contributed by atoms with van der Waals surface area (Å²) in [6.45, 7) is 0. The number of amides is 1. The lowest BCUT2D eigenvalue weighted by molar-refractivity contribution is 0.102. The zero-order valence-electron chi connectivity index (χ0n) is 14.5. The lowest BCUT2D eigenvalue weighted by Crippen LogP contribution is -2.14. The zero-order chi connectivity index (χ0) is 19.5. The van der Waals surface area contributed by atoms with Gasteiger partial charge in [-0.05, 0) is 35.7 Å². The molecule has 9 heteroatoms. The number of pyridine rings is 1. The summed E-state index contributed by atoms with van der Waals surface area (Å²) in [6, 6.07) is 14.6. The van der Waals surface area contributed by atoms with E-state index in [0.717, 1.165) is 20.0 Å². The molecule has 0 fully saturated rings. The highest BCUT2D eigenvalue weighted by atomic mass is 35.5. The van der Waals surface area contributed by atoms with Crippen molar-refractivity contribution in [3.8, 4) is 5.88 Å². The number of rotatable bonds is 5. The number of ether oxygens (including phenoxy) is 1. The first-order valence-corrected chi connectivity index (χ1v) is 10.2. The van der Waals surface area contributed by atoms with E-state index < -0.39 is 0 Å². The maximum atomic E-state index is 12.7. The van der Waals surface area contributed by atoms with Crippen LogP contribution in [0.3, 0.4) is 0 Å². The fraction of sp³-hybridized carbons (Fsp3) is 0.0526. The Bertz CT molecular complexity index is 1150. The molecule has 0 saturated carbocycles. The Kier molecular flexibility index (Phi) is 5.43. The van der Waals surface area contributed by atoms with E-state index >= 15 is 0 Å². The quantitative estimate of drug-likeness (QED) is 0.473. The molecule has 6 nitrogen and oxygen atoms in total.